The van der Waals surface area contributed by atoms with Gasteiger partial charge in [-0.05, 0) is 37.1 Å². The molecule has 0 fully saturated rings. The molecule has 1 aromatic carbocycles. The zero-order valence-corrected chi connectivity index (χ0v) is 11.2. The molecule has 0 bridgehead atoms. The van der Waals surface area contributed by atoms with Crippen molar-refractivity contribution in [3.8, 4) is 5.75 Å². The van der Waals surface area contributed by atoms with Gasteiger partial charge < -0.3 is 10.1 Å². The fourth-order valence-electron chi connectivity index (χ4n) is 1.62. The molecule has 0 saturated heterocycles. The molecule has 0 aliphatic carbocycles. The van der Waals surface area contributed by atoms with E-state index in [4.69, 9.17) is 4.74 Å². The Bertz CT molecular complexity index is 281. The van der Waals surface area contributed by atoms with Crippen LogP contribution in [0.1, 0.15) is 46.0 Å². The number of anilines is 1. The highest BCUT2D eigenvalue weighted by Crippen LogP contribution is 2.16. The van der Waals surface area contributed by atoms with E-state index in [9.17, 15) is 0 Å². The fourth-order valence-corrected chi connectivity index (χ4v) is 1.62. The van der Waals surface area contributed by atoms with Crippen LogP contribution < -0.4 is 10.1 Å². The number of unbranched alkanes of at least 4 members (excludes halogenated alkanes) is 3. The Morgan fingerprint density at radius 1 is 0.941 bits per heavy atom. The maximum Gasteiger partial charge on any atom is 0.119 e. The summed E-state index contributed by atoms with van der Waals surface area (Å²) in [5.41, 5.74) is 1.18. The summed E-state index contributed by atoms with van der Waals surface area (Å²) in [6.07, 6.45) is 6.08. The van der Waals surface area contributed by atoms with Crippen molar-refractivity contribution in [2.75, 3.05) is 18.5 Å². The summed E-state index contributed by atoms with van der Waals surface area (Å²) < 4.78 is 5.66. The molecule has 0 amide bonds. The van der Waals surface area contributed by atoms with E-state index in [2.05, 4.69) is 31.3 Å². The summed E-state index contributed by atoms with van der Waals surface area (Å²) >= 11 is 0. The van der Waals surface area contributed by atoms with Gasteiger partial charge in [-0.15, -0.1) is 0 Å². The Hall–Kier alpha value is -1.18. The predicted octanol–water partition coefficient (Wildman–Crippen LogP) is 4.47. The van der Waals surface area contributed by atoms with E-state index in [0.717, 1.165) is 25.3 Å². The van der Waals surface area contributed by atoms with Gasteiger partial charge in [0.2, 0.25) is 0 Å². The van der Waals surface area contributed by atoms with Crippen LogP contribution >= 0.6 is 0 Å². The van der Waals surface area contributed by atoms with Gasteiger partial charge in [0.1, 0.15) is 5.75 Å². The second-order valence-corrected chi connectivity index (χ2v) is 4.36. The fraction of sp³-hybridized carbons (Fsp3) is 0.600. The predicted molar refractivity (Wildman–Crippen MR) is 74.9 cm³/mol. The third-order valence-electron chi connectivity index (χ3n) is 2.73. The Kier molecular flexibility index (Phi) is 7.28. The first-order valence-electron chi connectivity index (χ1n) is 6.83. The smallest absolute Gasteiger partial charge is 0.119 e. The molecule has 0 aliphatic heterocycles. The molecule has 1 rings (SSSR count). The molecule has 0 heterocycles. The summed E-state index contributed by atoms with van der Waals surface area (Å²) in [6, 6.07) is 8.26. The monoisotopic (exact) mass is 235 g/mol. The quantitative estimate of drug-likeness (QED) is 0.638. The van der Waals surface area contributed by atoms with Gasteiger partial charge in [0.05, 0.1) is 6.61 Å². The normalized spacial score (nSPS) is 10.2. The molecule has 0 radical (unpaired) electrons. The van der Waals surface area contributed by atoms with Crippen molar-refractivity contribution in [2.45, 2.75) is 46.0 Å². The van der Waals surface area contributed by atoms with Gasteiger partial charge in [-0.25, -0.2) is 0 Å². The minimum Gasteiger partial charge on any atom is -0.494 e. The number of rotatable bonds is 9. The molecule has 96 valence electrons. The van der Waals surface area contributed by atoms with Gasteiger partial charge in [-0.1, -0.05) is 33.1 Å². The van der Waals surface area contributed by atoms with Crippen LogP contribution in [0.2, 0.25) is 0 Å². The molecule has 0 saturated carbocycles. The number of ether oxygens (including phenoxy) is 1. The maximum atomic E-state index is 5.66. The summed E-state index contributed by atoms with van der Waals surface area (Å²) in [4.78, 5) is 0. The van der Waals surface area contributed by atoms with E-state index >= 15 is 0 Å². The molecule has 17 heavy (non-hydrogen) atoms. The number of hydrogen-bond donors (Lipinski definition) is 1. The van der Waals surface area contributed by atoms with Gasteiger partial charge in [-0.2, -0.15) is 0 Å². The van der Waals surface area contributed by atoms with Crippen LogP contribution in [-0.4, -0.2) is 13.2 Å². The molecule has 0 aliphatic rings. The molecular weight excluding hydrogens is 210 g/mol. The van der Waals surface area contributed by atoms with Crippen LogP contribution in [0.3, 0.4) is 0 Å². The lowest BCUT2D eigenvalue weighted by molar-refractivity contribution is 0.306. The second-order valence-electron chi connectivity index (χ2n) is 4.36. The lowest BCUT2D eigenvalue weighted by Gasteiger charge is -2.08. The van der Waals surface area contributed by atoms with E-state index in [1.165, 1.54) is 31.4 Å². The standard InChI is InChI=1S/C15H25NO/c1-3-5-7-13-17-15-10-8-14(9-11-15)16-12-6-4-2/h8-11,16H,3-7,12-13H2,1-2H3. The van der Waals surface area contributed by atoms with Crippen molar-refractivity contribution in [3.05, 3.63) is 24.3 Å². The zero-order chi connectivity index (χ0) is 12.3. The molecule has 0 aromatic heterocycles. The highest BCUT2D eigenvalue weighted by atomic mass is 16.5. The molecule has 0 unspecified atom stereocenters. The van der Waals surface area contributed by atoms with Crippen molar-refractivity contribution < 1.29 is 4.74 Å². The molecule has 2 heteroatoms. The van der Waals surface area contributed by atoms with E-state index in [1.807, 2.05) is 12.1 Å². The summed E-state index contributed by atoms with van der Waals surface area (Å²) in [5.74, 6) is 0.974. The summed E-state index contributed by atoms with van der Waals surface area (Å²) in [5, 5.41) is 3.39. The van der Waals surface area contributed by atoms with Crippen LogP contribution in [0.25, 0.3) is 0 Å². The van der Waals surface area contributed by atoms with Crippen molar-refractivity contribution in [1.29, 1.82) is 0 Å². The first kappa shape index (κ1) is 13.9. The molecule has 0 atom stereocenters. The lowest BCUT2D eigenvalue weighted by Crippen LogP contribution is -2.01. The SMILES string of the molecule is CCCCCOc1ccc(NCCCC)cc1. The number of nitrogens with one attached hydrogen (secondary N) is 1. The van der Waals surface area contributed by atoms with Crippen LogP contribution in [0.15, 0.2) is 24.3 Å². The highest BCUT2D eigenvalue weighted by molar-refractivity contribution is 5.46. The van der Waals surface area contributed by atoms with Crippen molar-refractivity contribution >= 4 is 5.69 Å². The van der Waals surface area contributed by atoms with Gasteiger partial charge in [-0.3, -0.25) is 0 Å². The Labute approximate surface area is 105 Å². The van der Waals surface area contributed by atoms with E-state index in [-0.39, 0.29) is 0 Å². The largest absolute Gasteiger partial charge is 0.494 e. The van der Waals surface area contributed by atoms with Crippen molar-refractivity contribution in [1.82, 2.24) is 0 Å². The van der Waals surface area contributed by atoms with Gasteiger partial charge in [0, 0.05) is 12.2 Å². The molecule has 1 aromatic rings. The topological polar surface area (TPSA) is 21.3 Å². The van der Waals surface area contributed by atoms with E-state index < -0.39 is 0 Å². The van der Waals surface area contributed by atoms with Crippen LogP contribution in [-0.2, 0) is 0 Å². The minimum absolute atomic E-state index is 0.830. The number of benzene rings is 1. The number of hydrogen-bond acceptors (Lipinski definition) is 2. The van der Waals surface area contributed by atoms with Crippen LogP contribution in [0, 0.1) is 0 Å². The third-order valence-corrected chi connectivity index (χ3v) is 2.73. The Morgan fingerprint density at radius 2 is 1.65 bits per heavy atom. The average molecular weight is 235 g/mol. The summed E-state index contributed by atoms with van der Waals surface area (Å²) in [7, 11) is 0. The minimum atomic E-state index is 0.830. The zero-order valence-electron chi connectivity index (χ0n) is 11.2. The van der Waals surface area contributed by atoms with Crippen LogP contribution in [0.4, 0.5) is 5.69 Å². The lowest BCUT2D eigenvalue weighted by atomic mass is 10.2. The first-order valence-corrected chi connectivity index (χ1v) is 6.83. The van der Waals surface area contributed by atoms with Gasteiger partial charge in [0.15, 0.2) is 0 Å². The Morgan fingerprint density at radius 3 is 2.29 bits per heavy atom. The third kappa shape index (κ3) is 6.20. The van der Waals surface area contributed by atoms with Gasteiger partial charge in [0.25, 0.3) is 0 Å². The second kappa shape index (κ2) is 8.91. The Balaban J connectivity index is 2.24. The molecule has 1 N–H and O–H groups in total. The van der Waals surface area contributed by atoms with Crippen molar-refractivity contribution in [3.63, 3.8) is 0 Å². The first-order chi connectivity index (χ1) is 8.36. The summed E-state index contributed by atoms with van der Waals surface area (Å²) in [6.45, 7) is 6.29. The average Bonchev–Trinajstić information content (AvgIpc) is 2.37. The molecule has 0 spiro atoms. The molecule has 2 nitrogen and oxygen atoms in total. The maximum absolute atomic E-state index is 5.66. The van der Waals surface area contributed by atoms with Crippen LogP contribution in [0.5, 0.6) is 5.75 Å². The van der Waals surface area contributed by atoms with E-state index in [0.29, 0.717) is 0 Å². The molecular formula is C15H25NO. The highest BCUT2D eigenvalue weighted by Gasteiger charge is 1.95. The van der Waals surface area contributed by atoms with Gasteiger partial charge >= 0.3 is 0 Å². The van der Waals surface area contributed by atoms with E-state index in [1.54, 1.807) is 0 Å². The van der Waals surface area contributed by atoms with Crippen molar-refractivity contribution in [2.24, 2.45) is 0 Å².